The van der Waals surface area contributed by atoms with Crippen molar-refractivity contribution in [3.8, 4) is 11.6 Å². The van der Waals surface area contributed by atoms with Crippen molar-refractivity contribution < 1.29 is 4.74 Å². The van der Waals surface area contributed by atoms with Crippen LogP contribution in [0.3, 0.4) is 0 Å². The first kappa shape index (κ1) is 13.3. The molecule has 0 aliphatic rings. The Labute approximate surface area is 119 Å². The third-order valence-corrected chi connectivity index (χ3v) is 3.20. The first-order chi connectivity index (χ1) is 8.58. The molecule has 1 aromatic heterocycles. The summed E-state index contributed by atoms with van der Waals surface area (Å²) in [7, 11) is 0. The summed E-state index contributed by atoms with van der Waals surface area (Å²) in [5.74, 6) is 1.03. The molecule has 2 N–H and O–H groups in total. The molecule has 0 spiro atoms. The summed E-state index contributed by atoms with van der Waals surface area (Å²) >= 11 is 9.45. The van der Waals surface area contributed by atoms with Crippen molar-refractivity contribution >= 4 is 27.5 Å². The molecule has 1 atom stereocenters. The lowest BCUT2D eigenvalue weighted by atomic mass is 10.1. The van der Waals surface area contributed by atoms with Crippen molar-refractivity contribution in [2.75, 3.05) is 0 Å². The molecule has 2 rings (SSSR count). The van der Waals surface area contributed by atoms with Crippen molar-refractivity contribution in [3.05, 3.63) is 51.6 Å². The molecule has 0 bridgehead atoms. The van der Waals surface area contributed by atoms with Crippen LogP contribution in [0.5, 0.6) is 11.6 Å². The predicted octanol–water partition coefficient (Wildman–Crippen LogP) is 4.31. The highest BCUT2D eigenvalue weighted by Crippen LogP contribution is 2.33. The summed E-state index contributed by atoms with van der Waals surface area (Å²) in [6.07, 6.45) is 1.66. The Kier molecular flexibility index (Phi) is 4.22. The van der Waals surface area contributed by atoms with E-state index < -0.39 is 0 Å². The Morgan fingerprint density at radius 2 is 2.17 bits per heavy atom. The minimum absolute atomic E-state index is 0.153. The molecular weight excluding hydrogens is 316 g/mol. The average molecular weight is 328 g/mol. The maximum Gasteiger partial charge on any atom is 0.224 e. The largest absolute Gasteiger partial charge is 0.437 e. The van der Waals surface area contributed by atoms with Crippen molar-refractivity contribution in [1.82, 2.24) is 4.98 Å². The van der Waals surface area contributed by atoms with Crippen molar-refractivity contribution in [1.29, 1.82) is 0 Å². The lowest BCUT2D eigenvalue weighted by molar-refractivity contribution is 0.452. The van der Waals surface area contributed by atoms with Crippen LogP contribution in [-0.2, 0) is 0 Å². The van der Waals surface area contributed by atoms with E-state index in [1.54, 1.807) is 18.3 Å². The van der Waals surface area contributed by atoms with Crippen molar-refractivity contribution in [2.24, 2.45) is 5.73 Å². The van der Waals surface area contributed by atoms with E-state index in [4.69, 9.17) is 22.1 Å². The summed E-state index contributed by atoms with van der Waals surface area (Å²) in [6, 6.07) is 8.96. The van der Waals surface area contributed by atoms with Gasteiger partial charge >= 0.3 is 0 Å². The minimum Gasteiger partial charge on any atom is -0.437 e. The monoisotopic (exact) mass is 326 g/mol. The molecule has 0 radical (unpaired) electrons. The van der Waals surface area contributed by atoms with Gasteiger partial charge in [-0.3, -0.25) is 0 Å². The van der Waals surface area contributed by atoms with Gasteiger partial charge in [0.15, 0.2) is 0 Å². The Morgan fingerprint density at radius 3 is 2.89 bits per heavy atom. The van der Waals surface area contributed by atoms with Crippen LogP contribution < -0.4 is 10.5 Å². The van der Waals surface area contributed by atoms with E-state index in [2.05, 4.69) is 20.9 Å². The van der Waals surface area contributed by atoms with Crippen molar-refractivity contribution in [3.63, 3.8) is 0 Å². The van der Waals surface area contributed by atoms with Crippen LogP contribution in [-0.4, -0.2) is 4.98 Å². The number of rotatable bonds is 3. The number of hydrogen-bond acceptors (Lipinski definition) is 3. The molecule has 0 saturated carbocycles. The molecule has 0 saturated heterocycles. The second kappa shape index (κ2) is 5.69. The van der Waals surface area contributed by atoms with Gasteiger partial charge in [0, 0.05) is 22.3 Å². The Balaban J connectivity index is 2.37. The topological polar surface area (TPSA) is 48.1 Å². The molecule has 0 aliphatic carbocycles. The fourth-order valence-electron chi connectivity index (χ4n) is 1.49. The second-order valence-corrected chi connectivity index (χ2v) is 5.19. The Bertz CT molecular complexity index is 560. The van der Waals surface area contributed by atoms with Crippen LogP contribution in [0.25, 0.3) is 0 Å². The molecule has 1 heterocycles. The highest BCUT2D eigenvalue weighted by Gasteiger charge is 2.11. The zero-order chi connectivity index (χ0) is 13.1. The third kappa shape index (κ3) is 3.02. The van der Waals surface area contributed by atoms with Crippen LogP contribution >= 0.6 is 27.5 Å². The average Bonchev–Trinajstić information content (AvgIpc) is 2.34. The summed E-state index contributed by atoms with van der Waals surface area (Å²) in [5.41, 5.74) is 6.72. The third-order valence-electron chi connectivity index (χ3n) is 2.39. The van der Waals surface area contributed by atoms with E-state index in [-0.39, 0.29) is 6.04 Å². The smallest absolute Gasteiger partial charge is 0.224 e. The van der Waals surface area contributed by atoms with Crippen molar-refractivity contribution in [2.45, 2.75) is 13.0 Å². The Morgan fingerprint density at radius 1 is 1.39 bits per heavy atom. The molecule has 3 nitrogen and oxygen atoms in total. The van der Waals surface area contributed by atoms with E-state index in [1.807, 2.05) is 25.1 Å². The van der Waals surface area contributed by atoms with Crippen LogP contribution in [0.15, 0.2) is 41.0 Å². The second-order valence-electron chi connectivity index (χ2n) is 3.86. The van der Waals surface area contributed by atoms with Gasteiger partial charge in [0.05, 0.1) is 5.02 Å². The van der Waals surface area contributed by atoms with Gasteiger partial charge in [-0.25, -0.2) is 4.98 Å². The zero-order valence-corrected chi connectivity index (χ0v) is 12.1. The van der Waals surface area contributed by atoms with E-state index in [9.17, 15) is 0 Å². The fourth-order valence-corrected chi connectivity index (χ4v) is 1.99. The van der Waals surface area contributed by atoms with E-state index >= 15 is 0 Å². The standard InChI is InChI=1S/C13H12BrClN2O/c1-8(16)10-3-2-6-17-13(10)18-12-7-9(14)4-5-11(12)15/h2-8H,16H2,1H3/t8-/m1/s1. The molecule has 0 fully saturated rings. The van der Waals surface area contributed by atoms with E-state index in [1.165, 1.54) is 0 Å². The van der Waals surface area contributed by atoms with Gasteiger partial charge in [-0.05, 0) is 31.2 Å². The molecule has 1 aromatic carbocycles. The number of benzene rings is 1. The van der Waals surface area contributed by atoms with E-state index in [0.29, 0.717) is 16.7 Å². The van der Waals surface area contributed by atoms with Crippen LogP contribution in [0, 0.1) is 0 Å². The maximum absolute atomic E-state index is 6.07. The van der Waals surface area contributed by atoms with Gasteiger partial charge in [-0.1, -0.05) is 33.6 Å². The highest BCUT2D eigenvalue weighted by atomic mass is 79.9. The Hall–Kier alpha value is -1.10. The summed E-state index contributed by atoms with van der Waals surface area (Å²) in [5, 5.41) is 0.527. The van der Waals surface area contributed by atoms with Gasteiger partial charge in [-0.2, -0.15) is 0 Å². The number of aromatic nitrogens is 1. The van der Waals surface area contributed by atoms with Gasteiger partial charge in [-0.15, -0.1) is 0 Å². The predicted molar refractivity (Wildman–Crippen MR) is 76.1 cm³/mol. The molecule has 18 heavy (non-hydrogen) atoms. The molecule has 2 aromatic rings. The van der Waals surface area contributed by atoms with Crippen LogP contribution in [0.1, 0.15) is 18.5 Å². The zero-order valence-electron chi connectivity index (χ0n) is 9.73. The highest BCUT2D eigenvalue weighted by molar-refractivity contribution is 9.10. The maximum atomic E-state index is 6.07. The molecule has 0 aliphatic heterocycles. The minimum atomic E-state index is -0.153. The molecule has 5 heteroatoms. The van der Waals surface area contributed by atoms with Crippen LogP contribution in [0.2, 0.25) is 5.02 Å². The quantitative estimate of drug-likeness (QED) is 0.914. The van der Waals surface area contributed by atoms with Gasteiger partial charge in [0.2, 0.25) is 5.88 Å². The van der Waals surface area contributed by atoms with Gasteiger partial charge in [0.1, 0.15) is 5.75 Å². The molecule has 94 valence electrons. The lowest BCUT2D eigenvalue weighted by Crippen LogP contribution is -2.07. The number of pyridine rings is 1. The van der Waals surface area contributed by atoms with E-state index in [0.717, 1.165) is 10.0 Å². The molecule has 0 unspecified atom stereocenters. The number of halogens is 2. The first-order valence-corrected chi connectivity index (χ1v) is 6.58. The number of nitrogens with zero attached hydrogens (tertiary/aromatic N) is 1. The SMILES string of the molecule is C[C@@H](N)c1cccnc1Oc1cc(Br)ccc1Cl. The number of ether oxygens (including phenoxy) is 1. The summed E-state index contributed by atoms with van der Waals surface area (Å²) < 4.78 is 6.62. The summed E-state index contributed by atoms with van der Waals surface area (Å²) in [4.78, 5) is 4.19. The van der Waals surface area contributed by atoms with Crippen LogP contribution in [0.4, 0.5) is 0 Å². The molecular formula is C13H12BrClN2O. The van der Waals surface area contributed by atoms with Gasteiger partial charge in [0.25, 0.3) is 0 Å². The fraction of sp³-hybridized carbons (Fsp3) is 0.154. The normalized spacial score (nSPS) is 12.2. The van der Waals surface area contributed by atoms with Gasteiger partial charge < -0.3 is 10.5 Å². The number of hydrogen-bond donors (Lipinski definition) is 1. The number of nitrogens with two attached hydrogens (primary N) is 1. The lowest BCUT2D eigenvalue weighted by Gasteiger charge is -2.13. The molecule has 0 amide bonds. The first-order valence-electron chi connectivity index (χ1n) is 5.41. The summed E-state index contributed by atoms with van der Waals surface area (Å²) in [6.45, 7) is 1.88.